The minimum Gasteiger partial charge on any atom is -0.477 e. The molecule has 0 saturated heterocycles. The Morgan fingerprint density at radius 1 is 1.39 bits per heavy atom. The molecule has 1 aromatic heterocycles. The second-order valence-electron chi connectivity index (χ2n) is 4.74. The zero-order chi connectivity index (χ0) is 13.8. The lowest BCUT2D eigenvalue weighted by Gasteiger charge is -2.20. The van der Waals surface area contributed by atoms with Gasteiger partial charge in [-0.25, -0.2) is 14.8 Å². The summed E-state index contributed by atoms with van der Waals surface area (Å²) in [5, 5.41) is 14.3. The molecular weight excluding hydrogens is 236 g/mol. The number of carbonyl (C=O) groups is 2. The van der Waals surface area contributed by atoms with Gasteiger partial charge in [0, 0.05) is 11.7 Å². The average molecular weight is 252 g/mol. The summed E-state index contributed by atoms with van der Waals surface area (Å²) in [4.78, 5) is 29.8. The molecule has 1 amide bonds. The molecule has 0 aromatic carbocycles. The van der Waals surface area contributed by atoms with E-state index in [0.29, 0.717) is 0 Å². The number of hydrogen-bond donors (Lipinski definition) is 3. The fourth-order valence-corrected chi connectivity index (χ4v) is 1.25. The van der Waals surface area contributed by atoms with Gasteiger partial charge in [-0.1, -0.05) is 0 Å². The van der Waals surface area contributed by atoms with Gasteiger partial charge in [0.25, 0.3) is 0 Å². The largest absolute Gasteiger partial charge is 0.477 e. The van der Waals surface area contributed by atoms with Crippen LogP contribution < -0.4 is 10.6 Å². The first-order valence-electron chi connectivity index (χ1n) is 5.38. The highest BCUT2D eigenvalue weighted by Gasteiger charge is 2.15. The molecule has 0 unspecified atom stereocenters. The molecular formula is C11H16N4O3. The first-order chi connectivity index (χ1) is 8.29. The monoisotopic (exact) mass is 252 g/mol. The van der Waals surface area contributed by atoms with E-state index in [0.717, 1.165) is 0 Å². The molecule has 7 heteroatoms. The van der Waals surface area contributed by atoms with Crippen molar-refractivity contribution < 1.29 is 14.7 Å². The zero-order valence-electron chi connectivity index (χ0n) is 10.5. The molecule has 0 aliphatic rings. The third-order valence-electron chi connectivity index (χ3n) is 1.87. The van der Waals surface area contributed by atoms with Gasteiger partial charge in [0.15, 0.2) is 0 Å². The van der Waals surface area contributed by atoms with E-state index < -0.39 is 5.97 Å². The standard InChI is InChI=1S/C11H16N4O3/c1-11(2,3)15-8(16)5-13-9-7(10(17)18)4-12-6-14-9/h4,6H,5H2,1-3H3,(H,15,16)(H,17,18)(H,12,13,14). The Bertz CT molecular complexity index is 454. The van der Waals surface area contributed by atoms with Crippen LogP contribution in [-0.4, -0.2) is 39.0 Å². The summed E-state index contributed by atoms with van der Waals surface area (Å²) in [6.45, 7) is 5.53. The molecule has 1 rings (SSSR count). The topological polar surface area (TPSA) is 104 Å². The molecule has 0 radical (unpaired) electrons. The van der Waals surface area contributed by atoms with Crippen molar-refractivity contribution in [3.05, 3.63) is 18.1 Å². The summed E-state index contributed by atoms with van der Waals surface area (Å²) in [6.07, 6.45) is 2.40. The molecule has 0 aliphatic heterocycles. The molecule has 0 fully saturated rings. The highest BCUT2D eigenvalue weighted by molar-refractivity contribution is 5.93. The predicted molar refractivity (Wildman–Crippen MR) is 65.4 cm³/mol. The number of nitrogens with one attached hydrogen (secondary N) is 2. The van der Waals surface area contributed by atoms with Crippen LogP contribution in [0.1, 0.15) is 31.1 Å². The Morgan fingerprint density at radius 3 is 2.61 bits per heavy atom. The fraction of sp³-hybridized carbons (Fsp3) is 0.455. The third kappa shape index (κ3) is 4.36. The molecule has 0 spiro atoms. The maximum absolute atomic E-state index is 11.5. The Hall–Kier alpha value is -2.18. The fourth-order valence-electron chi connectivity index (χ4n) is 1.25. The number of aromatic carboxylic acids is 1. The SMILES string of the molecule is CC(C)(C)NC(=O)CNc1ncncc1C(=O)O. The summed E-state index contributed by atoms with van der Waals surface area (Å²) in [5.74, 6) is -1.26. The van der Waals surface area contributed by atoms with Gasteiger partial charge < -0.3 is 15.7 Å². The molecule has 98 valence electrons. The molecule has 3 N–H and O–H groups in total. The molecule has 1 heterocycles. The van der Waals surface area contributed by atoms with Gasteiger partial charge >= 0.3 is 5.97 Å². The minimum atomic E-state index is -1.14. The number of amides is 1. The van der Waals surface area contributed by atoms with Crippen molar-refractivity contribution in [2.24, 2.45) is 0 Å². The van der Waals surface area contributed by atoms with Gasteiger partial charge in [-0.2, -0.15) is 0 Å². The van der Waals surface area contributed by atoms with Crippen molar-refractivity contribution in [2.75, 3.05) is 11.9 Å². The highest BCUT2D eigenvalue weighted by atomic mass is 16.4. The first kappa shape index (κ1) is 13.9. The summed E-state index contributed by atoms with van der Waals surface area (Å²) in [6, 6.07) is 0. The Labute approximate surface area is 105 Å². The number of aromatic nitrogens is 2. The lowest BCUT2D eigenvalue weighted by molar-refractivity contribution is -0.120. The molecule has 1 aromatic rings. The minimum absolute atomic E-state index is 0.0471. The maximum atomic E-state index is 11.5. The molecule has 0 aliphatic carbocycles. The van der Waals surface area contributed by atoms with E-state index in [1.165, 1.54) is 12.5 Å². The number of carboxylic acids is 1. The predicted octanol–water partition coefficient (Wildman–Crippen LogP) is 0.501. The normalized spacial score (nSPS) is 10.8. The molecule has 0 bridgehead atoms. The number of anilines is 1. The molecule has 7 nitrogen and oxygen atoms in total. The lowest BCUT2D eigenvalue weighted by Crippen LogP contribution is -2.43. The van der Waals surface area contributed by atoms with E-state index >= 15 is 0 Å². The Morgan fingerprint density at radius 2 is 2.06 bits per heavy atom. The molecule has 18 heavy (non-hydrogen) atoms. The van der Waals surface area contributed by atoms with Crippen molar-refractivity contribution in [1.82, 2.24) is 15.3 Å². The van der Waals surface area contributed by atoms with Crippen LogP contribution in [0.25, 0.3) is 0 Å². The number of carbonyl (C=O) groups excluding carboxylic acids is 1. The van der Waals surface area contributed by atoms with Crippen LogP contribution in [0, 0.1) is 0 Å². The lowest BCUT2D eigenvalue weighted by atomic mass is 10.1. The van der Waals surface area contributed by atoms with Gasteiger partial charge in [0.05, 0.1) is 6.54 Å². The van der Waals surface area contributed by atoms with Crippen LogP contribution in [-0.2, 0) is 4.79 Å². The van der Waals surface area contributed by atoms with Crippen LogP contribution >= 0.6 is 0 Å². The molecule has 0 atom stereocenters. The second-order valence-corrected chi connectivity index (χ2v) is 4.74. The summed E-state index contributed by atoms with van der Waals surface area (Å²) in [7, 11) is 0. The van der Waals surface area contributed by atoms with E-state index in [-0.39, 0.29) is 29.4 Å². The number of hydrogen-bond acceptors (Lipinski definition) is 5. The quantitative estimate of drug-likeness (QED) is 0.721. The summed E-state index contributed by atoms with van der Waals surface area (Å²) >= 11 is 0. The first-order valence-corrected chi connectivity index (χ1v) is 5.38. The smallest absolute Gasteiger partial charge is 0.341 e. The van der Waals surface area contributed by atoms with Crippen molar-refractivity contribution >= 4 is 17.7 Å². The van der Waals surface area contributed by atoms with Gasteiger partial charge in [-0.3, -0.25) is 4.79 Å². The number of carboxylic acid groups (broad SMARTS) is 1. The van der Waals surface area contributed by atoms with E-state index in [2.05, 4.69) is 20.6 Å². The van der Waals surface area contributed by atoms with E-state index in [4.69, 9.17) is 5.11 Å². The Kier molecular flexibility index (Phi) is 4.19. The van der Waals surface area contributed by atoms with Gasteiger partial charge in [-0.05, 0) is 20.8 Å². The van der Waals surface area contributed by atoms with Gasteiger partial charge in [0.1, 0.15) is 17.7 Å². The van der Waals surface area contributed by atoms with Crippen molar-refractivity contribution in [1.29, 1.82) is 0 Å². The van der Waals surface area contributed by atoms with Crippen LogP contribution in [0.15, 0.2) is 12.5 Å². The average Bonchev–Trinajstić information content (AvgIpc) is 2.24. The second kappa shape index (κ2) is 5.44. The van der Waals surface area contributed by atoms with Gasteiger partial charge in [-0.15, -0.1) is 0 Å². The number of nitrogens with zero attached hydrogens (tertiary/aromatic N) is 2. The van der Waals surface area contributed by atoms with Crippen molar-refractivity contribution in [3.8, 4) is 0 Å². The maximum Gasteiger partial charge on any atom is 0.341 e. The summed E-state index contributed by atoms with van der Waals surface area (Å²) in [5.41, 5.74) is -0.402. The summed E-state index contributed by atoms with van der Waals surface area (Å²) < 4.78 is 0. The van der Waals surface area contributed by atoms with Crippen molar-refractivity contribution in [3.63, 3.8) is 0 Å². The van der Waals surface area contributed by atoms with E-state index in [1.807, 2.05) is 20.8 Å². The van der Waals surface area contributed by atoms with E-state index in [9.17, 15) is 9.59 Å². The van der Waals surface area contributed by atoms with E-state index in [1.54, 1.807) is 0 Å². The Balaban J connectivity index is 2.64. The van der Waals surface area contributed by atoms with Crippen LogP contribution in [0.4, 0.5) is 5.82 Å². The van der Waals surface area contributed by atoms with Crippen molar-refractivity contribution in [2.45, 2.75) is 26.3 Å². The van der Waals surface area contributed by atoms with Crippen LogP contribution in [0.5, 0.6) is 0 Å². The van der Waals surface area contributed by atoms with Gasteiger partial charge in [0.2, 0.25) is 5.91 Å². The number of rotatable bonds is 4. The zero-order valence-corrected chi connectivity index (χ0v) is 10.5. The highest BCUT2D eigenvalue weighted by Crippen LogP contribution is 2.09. The van der Waals surface area contributed by atoms with Crippen LogP contribution in [0.3, 0.4) is 0 Å². The third-order valence-corrected chi connectivity index (χ3v) is 1.87. The molecule has 0 saturated carbocycles. The van der Waals surface area contributed by atoms with Crippen LogP contribution in [0.2, 0.25) is 0 Å².